The van der Waals surface area contributed by atoms with E-state index in [0.717, 1.165) is 6.42 Å². The van der Waals surface area contributed by atoms with Gasteiger partial charge < -0.3 is 14.4 Å². The smallest absolute Gasteiger partial charge is 0.337 e. The molecule has 2 aromatic carbocycles. The number of nitrogens with zero attached hydrogens (tertiary/aromatic N) is 5. The number of aromatic nitrogens is 3. The van der Waals surface area contributed by atoms with Crippen molar-refractivity contribution in [2.45, 2.75) is 31.9 Å². The number of hydrogen-bond acceptors (Lipinski definition) is 6. The van der Waals surface area contributed by atoms with Crippen LogP contribution in [0, 0.1) is 6.57 Å². The number of piperidine rings is 1. The van der Waals surface area contributed by atoms with Crippen molar-refractivity contribution >= 4 is 17.6 Å². The van der Waals surface area contributed by atoms with Gasteiger partial charge in [0.1, 0.15) is 11.9 Å². The molecule has 4 rings (SSSR count). The molecule has 1 saturated heterocycles. The van der Waals surface area contributed by atoms with E-state index in [4.69, 9.17) is 16.0 Å². The van der Waals surface area contributed by atoms with Crippen LogP contribution in [-0.2, 0) is 4.74 Å². The average Bonchev–Trinajstić information content (AvgIpc) is 3.39. The summed E-state index contributed by atoms with van der Waals surface area (Å²) < 4.78 is 10.9. The maximum Gasteiger partial charge on any atom is 0.337 e. The second-order valence-corrected chi connectivity index (χ2v) is 7.75. The summed E-state index contributed by atoms with van der Waals surface area (Å²) in [5.41, 5.74) is 1.70. The number of para-hydroxylation sites is 1. The summed E-state index contributed by atoms with van der Waals surface area (Å²) in [7, 11) is 1.30. The van der Waals surface area contributed by atoms with Gasteiger partial charge in [0.25, 0.3) is 5.91 Å². The molecule has 0 unspecified atom stereocenters. The molecule has 1 aliphatic heterocycles. The van der Waals surface area contributed by atoms with Gasteiger partial charge in [0, 0.05) is 6.04 Å². The summed E-state index contributed by atoms with van der Waals surface area (Å²) in [4.78, 5) is 32.1. The Morgan fingerprint density at radius 3 is 2.61 bits per heavy atom. The third-order valence-corrected chi connectivity index (χ3v) is 5.66. The molecule has 1 aliphatic rings. The maximum absolute atomic E-state index is 13.5. The zero-order valence-electron chi connectivity index (χ0n) is 18.3. The first-order valence-corrected chi connectivity index (χ1v) is 10.5. The number of likely N-dealkylation sites (tertiary alicyclic amines) is 1. The van der Waals surface area contributed by atoms with Crippen LogP contribution in [0.3, 0.4) is 0 Å². The SMILES string of the molecule is [C-]#[N+]c1ccc(C(=O)OC)cc1O[C@@H]1CC[C@@H](C)N(C(=O)c2ccccc2-n2nccn2)C1. The highest BCUT2D eigenvalue weighted by Gasteiger charge is 2.32. The topological polar surface area (TPSA) is 90.9 Å². The van der Waals surface area contributed by atoms with Crippen LogP contribution in [0.4, 0.5) is 5.69 Å². The van der Waals surface area contributed by atoms with E-state index in [-0.39, 0.29) is 18.1 Å². The Hall–Kier alpha value is -4.19. The van der Waals surface area contributed by atoms with Crippen molar-refractivity contribution in [3.05, 3.63) is 77.4 Å². The van der Waals surface area contributed by atoms with Crippen LogP contribution in [0.5, 0.6) is 5.75 Å². The normalized spacial score (nSPS) is 17.8. The minimum absolute atomic E-state index is 0.0118. The highest BCUT2D eigenvalue weighted by molar-refractivity contribution is 5.98. The predicted octanol–water partition coefficient (Wildman–Crippen LogP) is 3.68. The standard InChI is InChI=1S/C24H23N5O4/c1-16-8-10-18(33-22-14-17(24(31)32-3)9-11-20(22)25-2)15-28(16)23(30)19-6-4-5-7-21(19)29-26-12-13-27-29/h4-7,9,11-14,16,18H,8,10,15H2,1,3H3/t16-,18-/m1/s1. The summed E-state index contributed by atoms with van der Waals surface area (Å²) in [6, 6.07) is 11.8. The first kappa shape index (κ1) is 22.0. The Morgan fingerprint density at radius 1 is 1.12 bits per heavy atom. The highest BCUT2D eigenvalue weighted by Crippen LogP contribution is 2.32. The summed E-state index contributed by atoms with van der Waals surface area (Å²) >= 11 is 0. The fourth-order valence-corrected chi connectivity index (χ4v) is 3.90. The predicted molar refractivity (Wildman–Crippen MR) is 120 cm³/mol. The Labute approximate surface area is 191 Å². The molecule has 2 atom stereocenters. The summed E-state index contributed by atoms with van der Waals surface area (Å²) in [6.07, 6.45) is 4.25. The number of carbonyl (C=O) groups is 2. The fourth-order valence-electron chi connectivity index (χ4n) is 3.90. The largest absolute Gasteiger partial charge is 0.500 e. The van der Waals surface area contributed by atoms with Gasteiger partial charge in [-0.2, -0.15) is 15.0 Å². The third kappa shape index (κ3) is 4.55. The van der Waals surface area contributed by atoms with Crippen LogP contribution in [0.25, 0.3) is 10.5 Å². The van der Waals surface area contributed by atoms with Crippen LogP contribution in [0.1, 0.15) is 40.5 Å². The molecule has 168 valence electrons. The van der Waals surface area contributed by atoms with E-state index in [1.807, 2.05) is 19.1 Å². The minimum atomic E-state index is -0.505. The molecule has 0 saturated carbocycles. The molecule has 9 heteroatoms. The van der Waals surface area contributed by atoms with Crippen molar-refractivity contribution < 1.29 is 19.1 Å². The number of amides is 1. The van der Waals surface area contributed by atoms with E-state index >= 15 is 0 Å². The van der Waals surface area contributed by atoms with E-state index in [2.05, 4.69) is 15.0 Å². The molecule has 1 fully saturated rings. The van der Waals surface area contributed by atoms with Gasteiger partial charge >= 0.3 is 5.97 Å². The summed E-state index contributed by atoms with van der Waals surface area (Å²) in [5, 5.41) is 8.31. The van der Waals surface area contributed by atoms with Gasteiger partial charge in [-0.05, 0) is 38.0 Å². The molecule has 0 radical (unpaired) electrons. The van der Waals surface area contributed by atoms with Gasteiger partial charge in [-0.15, -0.1) is 0 Å². The van der Waals surface area contributed by atoms with Crippen LogP contribution >= 0.6 is 0 Å². The van der Waals surface area contributed by atoms with E-state index < -0.39 is 5.97 Å². The quantitative estimate of drug-likeness (QED) is 0.440. The second-order valence-electron chi connectivity index (χ2n) is 7.75. The number of ether oxygens (including phenoxy) is 2. The number of esters is 1. The molecule has 3 aromatic rings. The molecular weight excluding hydrogens is 422 g/mol. The zero-order valence-corrected chi connectivity index (χ0v) is 18.3. The molecular formula is C24H23N5O4. The number of hydrogen-bond donors (Lipinski definition) is 0. The second kappa shape index (κ2) is 9.53. The molecule has 0 aliphatic carbocycles. The third-order valence-electron chi connectivity index (χ3n) is 5.66. The van der Waals surface area contributed by atoms with Crippen molar-refractivity contribution in [3.8, 4) is 11.4 Å². The van der Waals surface area contributed by atoms with Gasteiger partial charge in [0.2, 0.25) is 5.69 Å². The first-order chi connectivity index (χ1) is 16.0. The zero-order chi connectivity index (χ0) is 23.4. The van der Waals surface area contributed by atoms with Gasteiger partial charge in [-0.25, -0.2) is 9.64 Å². The molecule has 2 heterocycles. The molecule has 0 N–H and O–H groups in total. The lowest BCUT2D eigenvalue weighted by molar-refractivity contribution is 0.0386. The van der Waals surface area contributed by atoms with Crippen LogP contribution in [0.15, 0.2) is 54.9 Å². The van der Waals surface area contributed by atoms with Crippen molar-refractivity contribution in [3.63, 3.8) is 0 Å². The average molecular weight is 445 g/mol. The number of carbonyl (C=O) groups excluding carboxylic acids is 2. The van der Waals surface area contributed by atoms with Crippen molar-refractivity contribution in [2.24, 2.45) is 0 Å². The summed E-state index contributed by atoms with van der Waals surface area (Å²) in [6.45, 7) is 9.77. The van der Waals surface area contributed by atoms with Crippen LogP contribution < -0.4 is 4.74 Å². The monoisotopic (exact) mass is 445 g/mol. The van der Waals surface area contributed by atoms with Crippen LogP contribution in [0.2, 0.25) is 0 Å². The fraction of sp³-hybridized carbons (Fsp3) is 0.292. The van der Waals surface area contributed by atoms with Gasteiger partial charge in [-0.3, -0.25) is 4.79 Å². The van der Waals surface area contributed by atoms with E-state index in [1.165, 1.54) is 30.1 Å². The molecule has 9 nitrogen and oxygen atoms in total. The lowest BCUT2D eigenvalue weighted by atomic mass is 9.99. The van der Waals surface area contributed by atoms with E-state index in [9.17, 15) is 9.59 Å². The Morgan fingerprint density at radius 2 is 1.88 bits per heavy atom. The van der Waals surface area contributed by atoms with Crippen molar-refractivity contribution in [1.82, 2.24) is 19.9 Å². The highest BCUT2D eigenvalue weighted by atomic mass is 16.5. The number of rotatable bonds is 5. The van der Waals surface area contributed by atoms with E-state index in [0.29, 0.717) is 41.2 Å². The molecule has 33 heavy (non-hydrogen) atoms. The first-order valence-electron chi connectivity index (χ1n) is 10.5. The molecule has 0 spiro atoms. The summed E-state index contributed by atoms with van der Waals surface area (Å²) in [5.74, 6) is -0.340. The Balaban J connectivity index is 1.57. The lowest BCUT2D eigenvalue weighted by Crippen LogP contribution is -2.49. The van der Waals surface area contributed by atoms with Crippen molar-refractivity contribution in [1.29, 1.82) is 0 Å². The van der Waals surface area contributed by atoms with E-state index in [1.54, 1.807) is 29.4 Å². The number of methoxy groups -OCH3 is 1. The van der Waals surface area contributed by atoms with Gasteiger partial charge in [-0.1, -0.05) is 24.3 Å². The van der Waals surface area contributed by atoms with Crippen molar-refractivity contribution in [2.75, 3.05) is 13.7 Å². The molecule has 1 aromatic heterocycles. The van der Waals surface area contributed by atoms with Crippen LogP contribution in [-0.4, -0.2) is 57.6 Å². The van der Waals surface area contributed by atoms with Gasteiger partial charge in [0.15, 0.2) is 0 Å². The Kier molecular flexibility index (Phi) is 6.36. The Bertz CT molecular complexity index is 1200. The molecule has 1 amide bonds. The van der Waals surface area contributed by atoms with Gasteiger partial charge in [0.05, 0.1) is 49.4 Å². The maximum atomic E-state index is 13.5. The number of benzene rings is 2. The lowest BCUT2D eigenvalue weighted by Gasteiger charge is -2.38. The molecule has 0 bridgehead atoms. The minimum Gasteiger partial charge on any atom is -0.500 e.